The van der Waals surface area contributed by atoms with Crippen molar-refractivity contribution in [3.8, 4) is 5.75 Å². The van der Waals surface area contributed by atoms with Crippen LogP contribution in [0, 0.1) is 17.8 Å². The Kier molecular flexibility index (Phi) is 7.54. The molecule has 1 saturated carbocycles. The molecule has 0 radical (unpaired) electrons. The van der Waals surface area contributed by atoms with E-state index in [1.807, 2.05) is 26.0 Å². The maximum absolute atomic E-state index is 12.8. The summed E-state index contributed by atoms with van der Waals surface area (Å²) in [6, 6.07) is 7.38. The average Bonchev–Trinajstić information content (AvgIpc) is 2.55. The standard InChI is InChI=1S/C20H33O4P/c1-6-22-25(21,23-7-2)18-11-9-17(10-12-18)24-20-14-16(5)8-13-19(20)15(3)4/h9-12,15-16,19-20H,6-8,13-14H2,1-5H3/t16-,19+,20-/m1/s1. The van der Waals surface area contributed by atoms with Crippen molar-refractivity contribution in [2.45, 2.75) is 60.0 Å². The van der Waals surface area contributed by atoms with Gasteiger partial charge >= 0.3 is 7.60 Å². The number of ether oxygens (including phenoxy) is 1. The second-order valence-corrected chi connectivity index (χ2v) is 9.34. The van der Waals surface area contributed by atoms with Crippen LogP contribution in [0.4, 0.5) is 0 Å². The van der Waals surface area contributed by atoms with Gasteiger partial charge < -0.3 is 13.8 Å². The van der Waals surface area contributed by atoms with Crippen LogP contribution in [0.5, 0.6) is 5.75 Å². The van der Waals surface area contributed by atoms with Gasteiger partial charge in [0.15, 0.2) is 0 Å². The van der Waals surface area contributed by atoms with Crippen molar-refractivity contribution in [2.24, 2.45) is 17.8 Å². The molecule has 0 saturated heterocycles. The molecule has 3 atom stereocenters. The molecule has 1 fully saturated rings. The van der Waals surface area contributed by atoms with Crippen LogP contribution in [0.15, 0.2) is 24.3 Å². The molecule has 0 heterocycles. The molecular weight excluding hydrogens is 335 g/mol. The fraction of sp³-hybridized carbons (Fsp3) is 0.700. The highest BCUT2D eigenvalue weighted by Crippen LogP contribution is 2.47. The summed E-state index contributed by atoms with van der Waals surface area (Å²) in [7, 11) is -3.23. The SMILES string of the molecule is CCOP(=O)(OCC)c1ccc(O[C@@H]2C[C@H](C)CC[C@H]2C(C)C)cc1. The van der Waals surface area contributed by atoms with Gasteiger partial charge in [-0.2, -0.15) is 0 Å². The van der Waals surface area contributed by atoms with E-state index in [1.165, 1.54) is 12.8 Å². The van der Waals surface area contributed by atoms with E-state index in [-0.39, 0.29) is 6.10 Å². The van der Waals surface area contributed by atoms with E-state index in [9.17, 15) is 4.57 Å². The Bertz CT molecular complexity index is 560. The lowest BCUT2D eigenvalue weighted by Gasteiger charge is -2.37. The van der Waals surface area contributed by atoms with Gasteiger partial charge in [0.05, 0.1) is 18.5 Å². The van der Waals surface area contributed by atoms with Gasteiger partial charge in [-0.05, 0) is 68.7 Å². The third-order valence-corrected chi connectivity index (χ3v) is 7.13. The second-order valence-electron chi connectivity index (χ2n) is 7.31. The van der Waals surface area contributed by atoms with Gasteiger partial charge in [-0.25, -0.2) is 0 Å². The van der Waals surface area contributed by atoms with E-state index in [4.69, 9.17) is 13.8 Å². The molecule has 25 heavy (non-hydrogen) atoms. The van der Waals surface area contributed by atoms with Crippen molar-refractivity contribution < 1.29 is 18.3 Å². The van der Waals surface area contributed by atoms with Crippen LogP contribution < -0.4 is 10.0 Å². The molecule has 0 amide bonds. The highest BCUT2D eigenvalue weighted by Gasteiger charge is 2.32. The summed E-state index contributed by atoms with van der Waals surface area (Å²) >= 11 is 0. The van der Waals surface area contributed by atoms with Gasteiger partial charge in [0, 0.05) is 0 Å². The van der Waals surface area contributed by atoms with Crippen LogP contribution in [-0.4, -0.2) is 19.3 Å². The predicted octanol–water partition coefficient (Wildman–Crippen LogP) is 5.42. The number of hydrogen-bond acceptors (Lipinski definition) is 4. The summed E-state index contributed by atoms with van der Waals surface area (Å²) < 4.78 is 29.9. The normalized spacial score (nSPS) is 24.5. The van der Waals surface area contributed by atoms with Gasteiger partial charge in [-0.1, -0.05) is 27.2 Å². The zero-order valence-corrected chi connectivity index (χ0v) is 17.1. The fourth-order valence-corrected chi connectivity index (χ4v) is 5.23. The summed E-state index contributed by atoms with van der Waals surface area (Å²) in [5, 5.41) is 0.584. The van der Waals surface area contributed by atoms with Gasteiger partial charge in [0.2, 0.25) is 0 Å². The Balaban J connectivity index is 2.12. The average molecular weight is 368 g/mol. The maximum Gasteiger partial charge on any atom is 0.361 e. The lowest BCUT2D eigenvalue weighted by molar-refractivity contribution is 0.0460. The number of benzene rings is 1. The van der Waals surface area contributed by atoms with Crippen molar-refractivity contribution in [3.05, 3.63) is 24.3 Å². The van der Waals surface area contributed by atoms with E-state index in [1.54, 1.807) is 12.1 Å². The van der Waals surface area contributed by atoms with E-state index in [0.29, 0.717) is 36.3 Å². The third-order valence-electron chi connectivity index (χ3n) is 5.00. The lowest BCUT2D eigenvalue weighted by atomic mass is 9.75. The molecule has 0 spiro atoms. The molecule has 4 nitrogen and oxygen atoms in total. The first kappa shape index (κ1) is 20.5. The lowest BCUT2D eigenvalue weighted by Crippen LogP contribution is -2.36. The molecule has 2 rings (SSSR count). The quantitative estimate of drug-likeness (QED) is 0.575. The van der Waals surface area contributed by atoms with E-state index in [2.05, 4.69) is 20.8 Å². The smallest absolute Gasteiger partial charge is 0.361 e. The van der Waals surface area contributed by atoms with Crippen LogP contribution >= 0.6 is 7.60 Å². The Hall–Kier alpha value is -0.830. The minimum absolute atomic E-state index is 0.250. The van der Waals surface area contributed by atoms with Crippen molar-refractivity contribution in [3.63, 3.8) is 0 Å². The molecule has 1 aliphatic carbocycles. The van der Waals surface area contributed by atoms with Crippen molar-refractivity contribution >= 4 is 12.9 Å². The topological polar surface area (TPSA) is 44.8 Å². The highest BCUT2D eigenvalue weighted by atomic mass is 31.2. The summed E-state index contributed by atoms with van der Waals surface area (Å²) in [6.45, 7) is 11.2. The van der Waals surface area contributed by atoms with Gasteiger partial charge in [-0.15, -0.1) is 0 Å². The molecule has 0 aromatic heterocycles. The molecule has 0 unspecified atom stereocenters. The van der Waals surface area contributed by atoms with Gasteiger partial charge in [0.25, 0.3) is 0 Å². The minimum Gasteiger partial charge on any atom is -0.490 e. The van der Waals surface area contributed by atoms with E-state index in [0.717, 1.165) is 12.2 Å². The Labute approximate surface area is 152 Å². The second kappa shape index (κ2) is 9.21. The van der Waals surface area contributed by atoms with Gasteiger partial charge in [-0.3, -0.25) is 4.57 Å². The van der Waals surface area contributed by atoms with Gasteiger partial charge in [0.1, 0.15) is 11.9 Å². The predicted molar refractivity (Wildman–Crippen MR) is 103 cm³/mol. The van der Waals surface area contributed by atoms with Crippen LogP contribution in [0.2, 0.25) is 0 Å². The highest BCUT2D eigenvalue weighted by molar-refractivity contribution is 7.62. The molecule has 5 heteroatoms. The first-order valence-electron chi connectivity index (χ1n) is 9.56. The molecule has 0 bridgehead atoms. The van der Waals surface area contributed by atoms with Crippen molar-refractivity contribution in [1.29, 1.82) is 0 Å². The first-order chi connectivity index (χ1) is 11.9. The molecule has 142 valence electrons. The summed E-state index contributed by atoms with van der Waals surface area (Å²) in [6.07, 6.45) is 3.86. The van der Waals surface area contributed by atoms with Crippen LogP contribution in [0.3, 0.4) is 0 Å². The number of rotatable bonds is 8. The summed E-state index contributed by atoms with van der Waals surface area (Å²) in [5.74, 6) is 2.74. The first-order valence-corrected chi connectivity index (χ1v) is 11.1. The monoisotopic (exact) mass is 368 g/mol. The molecular formula is C20H33O4P. The van der Waals surface area contributed by atoms with Crippen LogP contribution in [0.1, 0.15) is 53.9 Å². The largest absolute Gasteiger partial charge is 0.490 e. The molecule has 0 N–H and O–H groups in total. The van der Waals surface area contributed by atoms with Crippen molar-refractivity contribution in [2.75, 3.05) is 13.2 Å². The summed E-state index contributed by atoms with van der Waals surface area (Å²) in [4.78, 5) is 0. The molecule has 1 aromatic rings. The fourth-order valence-electron chi connectivity index (χ4n) is 3.66. The molecule has 1 aliphatic rings. The number of hydrogen-bond donors (Lipinski definition) is 0. The Morgan fingerprint density at radius 2 is 1.68 bits per heavy atom. The molecule has 0 aliphatic heterocycles. The van der Waals surface area contributed by atoms with Crippen LogP contribution in [0.25, 0.3) is 0 Å². The Morgan fingerprint density at radius 3 is 2.20 bits per heavy atom. The Morgan fingerprint density at radius 1 is 1.08 bits per heavy atom. The van der Waals surface area contributed by atoms with Crippen molar-refractivity contribution in [1.82, 2.24) is 0 Å². The minimum atomic E-state index is -3.23. The van der Waals surface area contributed by atoms with Crippen LogP contribution in [-0.2, 0) is 13.6 Å². The third kappa shape index (κ3) is 5.32. The van der Waals surface area contributed by atoms with E-state index < -0.39 is 7.60 Å². The zero-order valence-electron chi connectivity index (χ0n) is 16.2. The maximum atomic E-state index is 12.8. The zero-order chi connectivity index (χ0) is 18.4. The molecule has 1 aromatic carbocycles. The van der Waals surface area contributed by atoms with E-state index >= 15 is 0 Å². The summed E-state index contributed by atoms with van der Waals surface area (Å²) in [5.41, 5.74) is 0.